The summed E-state index contributed by atoms with van der Waals surface area (Å²) in [5, 5.41) is 10.3. The van der Waals surface area contributed by atoms with Gasteiger partial charge in [0.05, 0.1) is 35.1 Å². The number of ether oxygens (including phenoxy) is 2. The van der Waals surface area contributed by atoms with Crippen LogP contribution in [0.1, 0.15) is 30.4 Å². The second-order valence-electron chi connectivity index (χ2n) is 10.3. The van der Waals surface area contributed by atoms with Gasteiger partial charge in [0, 0.05) is 25.1 Å². The van der Waals surface area contributed by atoms with Gasteiger partial charge < -0.3 is 24.4 Å². The minimum absolute atomic E-state index is 0.0663. The van der Waals surface area contributed by atoms with E-state index in [2.05, 4.69) is 0 Å². The molecule has 41 heavy (non-hydrogen) atoms. The number of aliphatic carboxylic acids is 1. The first-order chi connectivity index (χ1) is 19.6. The first-order valence-corrected chi connectivity index (χ1v) is 13.9. The molecule has 1 saturated heterocycles. The van der Waals surface area contributed by atoms with Crippen LogP contribution in [0.3, 0.4) is 0 Å². The number of benzene rings is 3. The van der Waals surface area contributed by atoms with Gasteiger partial charge in [-0.2, -0.15) is 0 Å². The summed E-state index contributed by atoms with van der Waals surface area (Å²) >= 11 is 12.2. The molecule has 2 aliphatic rings. The van der Waals surface area contributed by atoms with E-state index in [1.807, 2.05) is 17.0 Å². The molecule has 11 heteroatoms. The molecule has 3 aromatic rings. The minimum atomic E-state index is -1.21. The lowest BCUT2D eigenvalue weighted by molar-refractivity contribution is -0.152. The summed E-state index contributed by atoms with van der Waals surface area (Å²) in [6.45, 7) is 0.700. The average molecular weight is 605 g/mol. The van der Waals surface area contributed by atoms with Gasteiger partial charge in [0.25, 0.3) is 0 Å². The summed E-state index contributed by atoms with van der Waals surface area (Å²) in [6, 6.07) is 12.5. The largest absolute Gasteiger partial charge is 0.497 e. The average Bonchev–Trinajstić information content (AvgIpc) is 2.96. The van der Waals surface area contributed by atoms with Crippen molar-refractivity contribution in [2.45, 2.75) is 32.2 Å². The molecule has 5 rings (SSSR count). The molecule has 0 aliphatic carbocycles. The maximum absolute atomic E-state index is 15.2. The zero-order chi connectivity index (χ0) is 29.3. The highest BCUT2D eigenvalue weighted by Crippen LogP contribution is 2.41. The molecule has 0 saturated carbocycles. The van der Waals surface area contributed by atoms with Crippen molar-refractivity contribution in [1.82, 2.24) is 0 Å². The summed E-state index contributed by atoms with van der Waals surface area (Å²) in [7, 11) is 1.56. The second-order valence-corrected chi connectivity index (χ2v) is 11.1. The van der Waals surface area contributed by atoms with Gasteiger partial charge in [-0.1, -0.05) is 35.3 Å². The highest BCUT2D eigenvalue weighted by atomic mass is 35.5. The van der Waals surface area contributed by atoms with Crippen LogP contribution in [0.15, 0.2) is 48.5 Å². The van der Waals surface area contributed by atoms with Crippen molar-refractivity contribution >= 4 is 46.5 Å². The van der Waals surface area contributed by atoms with E-state index < -0.39 is 23.0 Å². The van der Waals surface area contributed by atoms with Gasteiger partial charge in [-0.05, 0) is 61.2 Å². The van der Waals surface area contributed by atoms with Crippen molar-refractivity contribution in [3.8, 4) is 11.5 Å². The van der Waals surface area contributed by atoms with Crippen LogP contribution in [-0.4, -0.2) is 43.8 Å². The number of carbonyl (C=O) groups excluding carboxylic acids is 1. The molecule has 2 aliphatic heterocycles. The standard InChI is InChI=1S/C30H28Cl2F2N2O5/c1-40-19-4-2-18(3-5-19)16-36-27(37)9-6-20-26(8-7-23(33)28(20)36)41-17-30(29(38)39)10-12-35(13-11-30)25-15-21(31)24(34)14-22(25)32/h2-5,7-8,14-15H,6,9-13,16-17H2,1H3,(H,38,39). The summed E-state index contributed by atoms with van der Waals surface area (Å²) in [5.74, 6) is -1.37. The Morgan fingerprint density at radius 3 is 2.37 bits per heavy atom. The van der Waals surface area contributed by atoms with Gasteiger partial charge >= 0.3 is 5.97 Å². The van der Waals surface area contributed by atoms with Crippen molar-refractivity contribution in [1.29, 1.82) is 0 Å². The van der Waals surface area contributed by atoms with Gasteiger partial charge in [-0.3, -0.25) is 9.59 Å². The number of hydrogen-bond acceptors (Lipinski definition) is 5. The number of amides is 1. The molecule has 0 unspecified atom stereocenters. The molecule has 0 aromatic heterocycles. The van der Waals surface area contributed by atoms with E-state index in [1.54, 1.807) is 19.2 Å². The Hall–Kier alpha value is -3.56. The number of carboxylic acids is 1. The predicted molar refractivity (Wildman–Crippen MR) is 152 cm³/mol. The summed E-state index contributed by atoms with van der Waals surface area (Å²) in [6.07, 6.45) is 0.916. The zero-order valence-corrected chi connectivity index (χ0v) is 23.8. The molecule has 0 radical (unpaired) electrons. The number of carboxylic acid groups (broad SMARTS) is 1. The van der Waals surface area contributed by atoms with Crippen LogP contribution in [-0.2, 0) is 22.6 Å². The molecule has 1 fully saturated rings. The van der Waals surface area contributed by atoms with Crippen molar-refractivity contribution in [2.24, 2.45) is 5.41 Å². The number of methoxy groups -OCH3 is 1. The molecule has 216 valence electrons. The molecule has 0 spiro atoms. The highest BCUT2D eigenvalue weighted by molar-refractivity contribution is 6.35. The molecular weight excluding hydrogens is 577 g/mol. The Morgan fingerprint density at radius 2 is 1.71 bits per heavy atom. The van der Waals surface area contributed by atoms with E-state index in [-0.39, 0.29) is 60.5 Å². The van der Waals surface area contributed by atoms with E-state index >= 15 is 4.39 Å². The van der Waals surface area contributed by atoms with Gasteiger partial charge in [0.15, 0.2) is 0 Å². The number of piperidine rings is 1. The van der Waals surface area contributed by atoms with Crippen LogP contribution in [0, 0.1) is 17.0 Å². The number of anilines is 2. The Kier molecular flexibility index (Phi) is 8.29. The third-order valence-corrected chi connectivity index (χ3v) is 8.45. The van der Waals surface area contributed by atoms with Crippen LogP contribution >= 0.6 is 23.2 Å². The van der Waals surface area contributed by atoms with E-state index in [1.165, 1.54) is 23.1 Å². The molecular formula is C30H28Cl2F2N2O5. The SMILES string of the molecule is COc1ccc(CN2C(=O)CCc3c(OCC4(C(=O)O)CCN(c5cc(Cl)c(F)cc5Cl)CC4)ccc(F)c32)cc1. The van der Waals surface area contributed by atoms with Gasteiger partial charge in [-0.15, -0.1) is 0 Å². The van der Waals surface area contributed by atoms with Crippen molar-refractivity contribution in [3.63, 3.8) is 0 Å². The van der Waals surface area contributed by atoms with Gasteiger partial charge in [-0.25, -0.2) is 8.78 Å². The fraction of sp³-hybridized carbons (Fsp3) is 0.333. The molecule has 2 heterocycles. The van der Waals surface area contributed by atoms with E-state index in [0.29, 0.717) is 35.8 Å². The van der Waals surface area contributed by atoms with E-state index in [0.717, 1.165) is 11.6 Å². The lowest BCUT2D eigenvalue weighted by Gasteiger charge is -2.40. The van der Waals surface area contributed by atoms with Crippen LogP contribution in [0.4, 0.5) is 20.2 Å². The quantitative estimate of drug-likeness (QED) is 0.295. The minimum Gasteiger partial charge on any atom is -0.497 e. The number of hydrogen-bond donors (Lipinski definition) is 1. The fourth-order valence-corrected chi connectivity index (χ4v) is 5.82. The van der Waals surface area contributed by atoms with Crippen LogP contribution in [0.25, 0.3) is 0 Å². The summed E-state index contributed by atoms with van der Waals surface area (Å²) < 4.78 is 40.2. The summed E-state index contributed by atoms with van der Waals surface area (Å²) in [4.78, 5) is 28.6. The van der Waals surface area contributed by atoms with Crippen molar-refractivity contribution < 1.29 is 33.0 Å². The lowest BCUT2D eigenvalue weighted by Crippen LogP contribution is -2.48. The number of nitrogens with zero attached hydrogens (tertiary/aromatic N) is 2. The number of carbonyl (C=O) groups is 2. The number of fused-ring (bicyclic) bond motifs is 1. The highest BCUT2D eigenvalue weighted by Gasteiger charge is 2.43. The van der Waals surface area contributed by atoms with Crippen LogP contribution in [0.5, 0.6) is 11.5 Å². The van der Waals surface area contributed by atoms with Crippen LogP contribution < -0.4 is 19.3 Å². The lowest BCUT2D eigenvalue weighted by atomic mass is 9.79. The first kappa shape index (κ1) is 29.0. The Balaban J connectivity index is 1.34. The molecule has 1 amide bonds. The van der Waals surface area contributed by atoms with Gasteiger partial charge in [0.1, 0.15) is 35.2 Å². The smallest absolute Gasteiger partial charge is 0.313 e. The van der Waals surface area contributed by atoms with Crippen LogP contribution in [0.2, 0.25) is 10.0 Å². The van der Waals surface area contributed by atoms with E-state index in [4.69, 9.17) is 32.7 Å². The Labute approximate surface area is 246 Å². The number of halogens is 4. The Bertz CT molecular complexity index is 1480. The fourth-order valence-electron chi connectivity index (χ4n) is 5.40. The van der Waals surface area contributed by atoms with Crippen molar-refractivity contribution in [3.05, 3.63) is 81.3 Å². The number of rotatable bonds is 8. The molecule has 3 aromatic carbocycles. The monoisotopic (exact) mass is 604 g/mol. The maximum Gasteiger partial charge on any atom is 0.313 e. The molecule has 0 atom stereocenters. The zero-order valence-electron chi connectivity index (χ0n) is 22.3. The maximum atomic E-state index is 15.2. The Morgan fingerprint density at radius 1 is 1.00 bits per heavy atom. The molecule has 0 bridgehead atoms. The normalized spacial score (nSPS) is 16.4. The van der Waals surface area contributed by atoms with Crippen molar-refractivity contribution in [2.75, 3.05) is 36.6 Å². The molecule has 7 nitrogen and oxygen atoms in total. The third-order valence-electron chi connectivity index (χ3n) is 7.86. The third kappa shape index (κ3) is 5.78. The van der Waals surface area contributed by atoms with E-state index in [9.17, 15) is 19.1 Å². The second kappa shape index (κ2) is 11.7. The summed E-state index contributed by atoms with van der Waals surface area (Å²) in [5.41, 5.74) is 0.811. The molecule has 1 N–H and O–H groups in total. The first-order valence-electron chi connectivity index (χ1n) is 13.1. The predicted octanol–water partition coefficient (Wildman–Crippen LogP) is 6.51. The topological polar surface area (TPSA) is 79.3 Å². The van der Waals surface area contributed by atoms with Gasteiger partial charge in [0.2, 0.25) is 5.91 Å².